The highest BCUT2D eigenvalue weighted by atomic mass is 32.1. The summed E-state index contributed by atoms with van der Waals surface area (Å²) in [5.74, 6) is 0. The van der Waals surface area contributed by atoms with E-state index in [1.165, 1.54) is 15.5 Å². The number of aromatic nitrogens is 3. The molecule has 0 atom stereocenters. The largest absolute Gasteiger partial charge is 0.245 e. The molecule has 4 heteroatoms. The molecule has 0 bridgehead atoms. The molecule has 0 N–H and O–H groups in total. The normalized spacial score (nSPS) is 12.1. The second kappa shape index (κ2) is 5.10. The van der Waals surface area contributed by atoms with E-state index in [1.54, 1.807) is 17.7 Å². The molecule has 3 aromatic heterocycles. The first-order valence-electron chi connectivity index (χ1n) is 7.62. The van der Waals surface area contributed by atoms with Gasteiger partial charge in [-0.3, -0.25) is 0 Å². The van der Waals surface area contributed by atoms with Crippen molar-refractivity contribution in [2.45, 2.75) is 26.2 Å². The van der Waals surface area contributed by atoms with E-state index in [0.717, 1.165) is 21.8 Å². The molecule has 3 nitrogen and oxygen atoms in total. The summed E-state index contributed by atoms with van der Waals surface area (Å²) in [6.07, 6.45) is 3.55. The topological polar surface area (TPSA) is 38.7 Å². The molecule has 0 saturated carbocycles. The van der Waals surface area contributed by atoms with Gasteiger partial charge in [-0.15, -0.1) is 11.3 Å². The number of fused-ring (bicyclic) bond motifs is 3. The second-order valence-electron chi connectivity index (χ2n) is 6.71. The standard InChI is InChI=1S/C19H17N3S/c1-19(2,3)17-9-15(21-11-22-17)12-8-14-13-6-4-5-7-16(13)23-18(14)20-10-12/h4-11H,1-3H3. The molecule has 0 unspecified atom stereocenters. The van der Waals surface area contributed by atoms with Crippen molar-refractivity contribution in [2.24, 2.45) is 0 Å². The molecule has 3 heterocycles. The number of pyridine rings is 1. The van der Waals surface area contributed by atoms with Crippen LogP contribution in [0.1, 0.15) is 26.5 Å². The van der Waals surface area contributed by atoms with Gasteiger partial charge < -0.3 is 0 Å². The van der Waals surface area contributed by atoms with E-state index < -0.39 is 0 Å². The quantitative estimate of drug-likeness (QED) is 0.484. The van der Waals surface area contributed by atoms with Crippen molar-refractivity contribution in [2.75, 3.05) is 0 Å². The van der Waals surface area contributed by atoms with Gasteiger partial charge in [0.2, 0.25) is 0 Å². The maximum absolute atomic E-state index is 4.64. The zero-order valence-corrected chi connectivity index (χ0v) is 14.2. The minimum atomic E-state index is 0.00426. The first-order valence-corrected chi connectivity index (χ1v) is 8.44. The Morgan fingerprint density at radius 2 is 1.74 bits per heavy atom. The Bertz CT molecular complexity index is 1010. The summed E-state index contributed by atoms with van der Waals surface area (Å²) < 4.78 is 1.27. The van der Waals surface area contributed by atoms with Crippen LogP contribution >= 0.6 is 11.3 Å². The van der Waals surface area contributed by atoms with E-state index >= 15 is 0 Å². The lowest BCUT2D eigenvalue weighted by Crippen LogP contribution is -2.13. The first-order chi connectivity index (χ1) is 11.0. The van der Waals surface area contributed by atoms with Crippen LogP contribution in [-0.2, 0) is 5.41 Å². The van der Waals surface area contributed by atoms with E-state index in [1.807, 2.05) is 6.20 Å². The SMILES string of the molecule is CC(C)(C)c1cc(-c2cnc3sc4ccccc4c3c2)ncn1. The fourth-order valence-corrected chi connectivity index (χ4v) is 3.70. The van der Waals surface area contributed by atoms with Gasteiger partial charge in [-0.1, -0.05) is 39.0 Å². The molecule has 0 aliphatic rings. The predicted molar refractivity (Wildman–Crippen MR) is 96.9 cm³/mol. The maximum atomic E-state index is 4.64. The lowest BCUT2D eigenvalue weighted by atomic mass is 9.91. The Morgan fingerprint density at radius 3 is 2.57 bits per heavy atom. The highest BCUT2D eigenvalue weighted by Gasteiger charge is 2.17. The van der Waals surface area contributed by atoms with Gasteiger partial charge in [0.05, 0.1) is 5.69 Å². The summed E-state index contributed by atoms with van der Waals surface area (Å²) in [5.41, 5.74) is 3.01. The van der Waals surface area contributed by atoms with Crippen LogP contribution < -0.4 is 0 Å². The van der Waals surface area contributed by atoms with Gasteiger partial charge in [0.15, 0.2) is 0 Å². The van der Waals surface area contributed by atoms with Gasteiger partial charge in [-0.25, -0.2) is 15.0 Å². The molecular formula is C19H17N3S. The maximum Gasteiger partial charge on any atom is 0.124 e. The van der Waals surface area contributed by atoms with E-state index in [9.17, 15) is 0 Å². The molecule has 1 aromatic carbocycles. The van der Waals surface area contributed by atoms with E-state index in [0.29, 0.717) is 0 Å². The third kappa shape index (κ3) is 2.49. The molecule has 0 radical (unpaired) electrons. The van der Waals surface area contributed by atoms with E-state index in [4.69, 9.17) is 0 Å². The van der Waals surface area contributed by atoms with Crippen LogP contribution in [0, 0.1) is 0 Å². The molecule has 4 rings (SSSR count). The minimum Gasteiger partial charge on any atom is -0.245 e. The number of rotatable bonds is 1. The van der Waals surface area contributed by atoms with E-state index in [-0.39, 0.29) is 5.41 Å². The predicted octanol–water partition coefficient (Wildman–Crippen LogP) is 5.20. The number of nitrogens with zero attached hydrogens (tertiary/aromatic N) is 3. The van der Waals surface area contributed by atoms with Crippen LogP contribution in [-0.4, -0.2) is 15.0 Å². The Balaban J connectivity index is 1.91. The lowest BCUT2D eigenvalue weighted by Gasteiger charge is -2.17. The summed E-state index contributed by atoms with van der Waals surface area (Å²) in [7, 11) is 0. The molecule has 0 amide bonds. The van der Waals surface area contributed by atoms with Gasteiger partial charge >= 0.3 is 0 Å². The lowest BCUT2D eigenvalue weighted by molar-refractivity contribution is 0.567. The Morgan fingerprint density at radius 1 is 0.913 bits per heavy atom. The van der Waals surface area contributed by atoms with Crippen molar-refractivity contribution < 1.29 is 0 Å². The molecule has 0 aliphatic carbocycles. The van der Waals surface area contributed by atoms with Crippen molar-refractivity contribution >= 4 is 31.6 Å². The number of benzene rings is 1. The van der Waals surface area contributed by atoms with Crippen LogP contribution in [0.5, 0.6) is 0 Å². The van der Waals surface area contributed by atoms with Gasteiger partial charge in [0, 0.05) is 38.3 Å². The second-order valence-corrected chi connectivity index (χ2v) is 7.74. The first kappa shape index (κ1) is 14.3. The van der Waals surface area contributed by atoms with Crippen molar-refractivity contribution in [3.8, 4) is 11.3 Å². The molecular weight excluding hydrogens is 302 g/mol. The Hall–Kier alpha value is -2.33. The smallest absolute Gasteiger partial charge is 0.124 e. The fraction of sp³-hybridized carbons (Fsp3) is 0.211. The molecule has 4 aromatic rings. The van der Waals surface area contributed by atoms with Gasteiger partial charge in [0.1, 0.15) is 11.2 Å². The highest BCUT2D eigenvalue weighted by molar-refractivity contribution is 7.25. The molecule has 23 heavy (non-hydrogen) atoms. The molecule has 0 saturated heterocycles. The van der Waals surface area contributed by atoms with Crippen molar-refractivity contribution in [1.82, 2.24) is 15.0 Å². The number of thiophene rings is 1. The summed E-state index contributed by atoms with van der Waals surface area (Å²) in [5, 5.41) is 2.45. The van der Waals surface area contributed by atoms with Gasteiger partial charge in [-0.05, 0) is 18.2 Å². The summed E-state index contributed by atoms with van der Waals surface area (Å²) in [6, 6.07) is 12.7. The monoisotopic (exact) mass is 319 g/mol. The summed E-state index contributed by atoms with van der Waals surface area (Å²) >= 11 is 1.73. The average Bonchev–Trinajstić information content (AvgIpc) is 2.92. The van der Waals surface area contributed by atoms with Crippen LogP contribution in [0.25, 0.3) is 31.6 Å². The fourth-order valence-electron chi connectivity index (χ4n) is 2.67. The molecule has 114 valence electrons. The zero-order valence-electron chi connectivity index (χ0n) is 13.4. The average molecular weight is 319 g/mol. The van der Waals surface area contributed by atoms with Crippen LogP contribution in [0.2, 0.25) is 0 Å². The third-order valence-corrected chi connectivity index (χ3v) is 5.06. The van der Waals surface area contributed by atoms with Crippen LogP contribution in [0.3, 0.4) is 0 Å². The van der Waals surface area contributed by atoms with Crippen molar-refractivity contribution in [1.29, 1.82) is 0 Å². The van der Waals surface area contributed by atoms with Gasteiger partial charge in [-0.2, -0.15) is 0 Å². The van der Waals surface area contributed by atoms with Crippen LogP contribution in [0.4, 0.5) is 0 Å². The Kier molecular flexibility index (Phi) is 3.16. The van der Waals surface area contributed by atoms with Gasteiger partial charge in [0.25, 0.3) is 0 Å². The van der Waals surface area contributed by atoms with E-state index in [2.05, 4.69) is 72.1 Å². The third-order valence-electron chi connectivity index (χ3n) is 3.97. The number of hydrogen-bond donors (Lipinski definition) is 0. The minimum absolute atomic E-state index is 0.00426. The molecule has 0 aliphatic heterocycles. The van der Waals surface area contributed by atoms with Crippen molar-refractivity contribution in [3.63, 3.8) is 0 Å². The summed E-state index contributed by atoms with van der Waals surface area (Å²) in [4.78, 5) is 14.6. The molecule has 0 spiro atoms. The summed E-state index contributed by atoms with van der Waals surface area (Å²) in [6.45, 7) is 6.48. The Labute approximate surface area is 139 Å². The zero-order chi connectivity index (χ0) is 16.0. The molecule has 0 fully saturated rings. The highest BCUT2D eigenvalue weighted by Crippen LogP contribution is 2.34. The van der Waals surface area contributed by atoms with Crippen molar-refractivity contribution in [3.05, 3.63) is 54.6 Å². The number of hydrogen-bond acceptors (Lipinski definition) is 4. The van der Waals surface area contributed by atoms with Crippen LogP contribution in [0.15, 0.2) is 48.9 Å².